The molecule has 0 saturated carbocycles. The van der Waals surface area contributed by atoms with Crippen LogP contribution in [0, 0.1) is 0 Å². The van der Waals surface area contributed by atoms with Gasteiger partial charge in [-0.25, -0.2) is 0 Å². The Morgan fingerprint density at radius 1 is 1.11 bits per heavy atom. The molecule has 0 saturated heterocycles. The monoisotopic (exact) mass is 258 g/mol. The van der Waals surface area contributed by atoms with Gasteiger partial charge in [0.15, 0.2) is 0 Å². The maximum Gasteiger partial charge on any atom is 0.234 e. The van der Waals surface area contributed by atoms with Crippen LogP contribution in [-0.4, -0.2) is 19.0 Å². The van der Waals surface area contributed by atoms with E-state index in [-0.39, 0.29) is 5.91 Å². The van der Waals surface area contributed by atoms with E-state index in [1.54, 1.807) is 12.3 Å². The minimum atomic E-state index is -0.0236. The first-order chi connectivity index (χ1) is 9.34. The largest absolute Gasteiger partial charge is 0.467 e. The van der Waals surface area contributed by atoms with Gasteiger partial charge in [0, 0.05) is 0 Å². The average molecular weight is 258 g/mol. The summed E-state index contributed by atoms with van der Waals surface area (Å²) in [5.74, 6) is 0.738. The number of carbonyl (C=O) groups is 1. The minimum absolute atomic E-state index is 0.0236. The minimum Gasteiger partial charge on any atom is -0.467 e. The zero-order valence-corrected chi connectivity index (χ0v) is 10.8. The number of hydrogen-bond acceptors (Lipinski definition) is 3. The molecule has 4 nitrogen and oxygen atoms in total. The van der Waals surface area contributed by atoms with Crippen LogP contribution in [0.1, 0.15) is 11.3 Å². The summed E-state index contributed by atoms with van der Waals surface area (Å²) >= 11 is 0. The van der Waals surface area contributed by atoms with Gasteiger partial charge in [-0.05, 0) is 30.7 Å². The first-order valence-corrected chi connectivity index (χ1v) is 6.38. The molecule has 0 bridgehead atoms. The van der Waals surface area contributed by atoms with E-state index in [1.807, 2.05) is 24.3 Å². The van der Waals surface area contributed by atoms with Crippen LogP contribution in [0.2, 0.25) is 0 Å². The van der Waals surface area contributed by atoms with Crippen LogP contribution in [0.5, 0.6) is 0 Å². The zero-order chi connectivity index (χ0) is 13.3. The molecule has 1 amide bonds. The molecule has 0 aliphatic carbocycles. The molecular formula is C15H18N2O2. The molecule has 0 spiro atoms. The maximum absolute atomic E-state index is 11.5. The highest BCUT2D eigenvalue weighted by Gasteiger charge is 2.01. The first kappa shape index (κ1) is 13.4. The van der Waals surface area contributed by atoms with Crippen molar-refractivity contribution < 1.29 is 9.21 Å². The molecule has 2 aromatic rings. The first-order valence-electron chi connectivity index (χ1n) is 6.38. The Hall–Kier alpha value is -2.07. The maximum atomic E-state index is 11.5. The van der Waals surface area contributed by atoms with E-state index in [2.05, 4.69) is 22.8 Å². The molecule has 0 unspecified atom stereocenters. The van der Waals surface area contributed by atoms with Crippen LogP contribution in [-0.2, 0) is 17.8 Å². The normalized spacial score (nSPS) is 10.3. The predicted octanol–water partition coefficient (Wildman–Crippen LogP) is 1.73. The topological polar surface area (TPSA) is 54.3 Å². The van der Waals surface area contributed by atoms with Crippen LogP contribution in [0.15, 0.2) is 53.1 Å². The molecule has 19 heavy (non-hydrogen) atoms. The lowest BCUT2D eigenvalue weighted by atomic mass is 10.1. The van der Waals surface area contributed by atoms with Gasteiger partial charge in [0.05, 0.1) is 19.4 Å². The molecule has 2 N–H and O–H groups in total. The van der Waals surface area contributed by atoms with Gasteiger partial charge in [0.25, 0.3) is 0 Å². The quantitative estimate of drug-likeness (QED) is 0.744. The van der Waals surface area contributed by atoms with Crippen molar-refractivity contribution >= 4 is 5.91 Å². The fourth-order valence-corrected chi connectivity index (χ4v) is 1.74. The second-order valence-corrected chi connectivity index (χ2v) is 4.27. The van der Waals surface area contributed by atoms with Gasteiger partial charge < -0.3 is 15.1 Å². The highest BCUT2D eigenvalue weighted by molar-refractivity contribution is 5.77. The second kappa shape index (κ2) is 7.38. The van der Waals surface area contributed by atoms with Crippen LogP contribution < -0.4 is 10.6 Å². The molecule has 2 rings (SSSR count). The number of hydrogen-bond donors (Lipinski definition) is 2. The summed E-state index contributed by atoms with van der Waals surface area (Å²) in [6, 6.07) is 13.8. The van der Waals surface area contributed by atoms with Crippen molar-refractivity contribution in [2.75, 3.05) is 13.1 Å². The Labute approximate surface area is 112 Å². The molecule has 0 radical (unpaired) electrons. The second-order valence-electron chi connectivity index (χ2n) is 4.27. The lowest BCUT2D eigenvalue weighted by Crippen LogP contribution is -2.34. The SMILES string of the molecule is O=C(CNCCc1ccccc1)NCc1ccco1. The highest BCUT2D eigenvalue weighted by atomic mass is 16.3. The summed E-state index contributed by atoms with van der Waals surface area (Å²) < 4.78 is 5.13. The Balaban J connectivity index is 1.57. The molecule has 4 heteroatoms. The van der Waals surface area contributed by atoms with Gasteiger partial charge in [-0.1, -0.05) is 30.3 Å². The van der Waals surface area contributed by atoms with E-state index in [0.29, 0.717) is 13.1 Å². The summed E-state index contributed by atoms with van der Waals surface area (Å²) in [5, 5.41) is 5.91. The number of benzene rings is 1. The van der Waals surface area contributed by atoms with E-state index in [1.165, 1.54) is 5.56 Å². The third kappa shape index (κ3) is 4.97. The summed E-state index contributed by atoms with van der Waals surface area (Å²) in [5.41, 5.74) is 1.27. The van der Waals surface area contributed by atoms with Crippen molar-refractivity contribution in [1.29, 1.82) is 0 Å². The molecule has 1 heterocycles. The van der Waals surface area contributed by atoms with Crippen molar-refractivity contribution in [3.63, 3.8) is 0 Å². The number of carbonyl (C=O) groups excluding carboxylic acids is 1. The third-order valence-electron chi connectivity index (χ3n) is 2.76. The van der Waals surface area contributed by atoms with Crippen LogP contribution in [0.25, 0.3) is 0 Å². The van der Waals surface area contributed by atoms with Gasteiger partial charge >= 0.3 is 0 Å². The predicted molar refractivity (Wildman–Crippen MR) is 73.6 cm³/mol. The molecule has 0 fully saturated rings. The zero-order valence-electron chi connectivity index (χ0n) is 10.8. The number of amides is 1. The molecule has 1 aromatic carbocycles. The van der Waals surface area contributed by atoms with Crippen molar-refractivity contribution in [3.05, 3.63) is 60.1 Å². The van der Waals surface area contributed by atoms with E-state index >= 15 is 0 Å². The molecule has 100 valence electrons. The molecule has 0 aliphatic heterocycles. The van der Waals surface area contributed by atoms with Crippen LogP contribution in [0.3, 0.4) is 0 Å². The van der Waals surface area contributed by atoms with Crippen LogP contribution in [0.4, 0.5) is 0 Å². The lowest BCUT2D eigenvalue weighted by molar-refractivity contribution is -0.120. The average Bonchev–Trinajstić information content (AvgIpc) is 2.96. The lowest BCUT2D eigenvalue weighted by Gasteiger charge is -2.05. The van der Waals surface area contributed by atoms with Gasteiger partial charge in [0.1, 0.15) is 5.76 Å². The molecule has 0 atom stereocenters. The van der Waals surface area contributed by atoms with E-state index in [0.717, 1.165) is 18.7 Å². The Bertz CT molecular complexity index is 480. The molecule has 1 aromatic heterocycles. The van der Waals surface area contributed by atoms with Gasteiger partial charge in [-0.2, -0.15) is 0 Å². The standard InChI is InChI=1S/C15H18N2O2/c18-15(17-11-14-7-4-10-19-14)12-16-9-8-13-5-2-1-3-6-13/h1-7,10,16H,8-9,11-12H2,(H,17,18). The molecule has 0 aliphatic rings. The Kier molecular flexibility index (Phi) is 5.19. The third-order valence-corrected chi connectivity index (χ3v) is 2.76. The number of furan rings is 1. The number of rotatable bonds is 7. The van der Waals surface area contributed by atoms with E-state index < -0.39 is 0 Å². The molecular weight excluding hydrogens is 240 g/mol. The fourth-order valence-electron chi connectivity index (χ4n) is 1.74. The van der Waals surface area contributed by atoms with Gasteiger partial charge in [-0.3, -0.25) is 4.79 Å². The van der Waals surface area contributed by atoms with Crippen LogP contribution >= 0.6 is 0 Å². The smallest absolute Gasteiger partial charge is 0.234 e. The van der Waals surface area contributed by atoms with Crippen molar-refractivity contribution in [2.24, 2.45) is 0 Å². The highest BCUT2D eigenvalue weighted by Crippen LogP contribution is 1.99. The summed E-state index contributed by atoms with van der Waals surface area (Å²) in [6.45, 7) is 1.55. The summed E-state index contributed by atoms with van der Waals surface area (Å²) in [4.78, 5) is 11.5. The van der Waals surface area contributed by atoms with E-state index in [9.17, 15) is 4.79 Å². The van der Waals surface area contributed by atoms with Crippen molar-refractivity contribution in [1.82, 2.24) is 10.6 Å². The van der Waals surface area contributed by atoms with Gasteiger partial charge in [-0.15, -0.1) is 0 Å². The summed E-state index contributed by atoms with van der Waals surface area (Å²) in [6.07, 6.45) is 2.52. The van der Waals surface area contributed by atoms with Crippen molar-refractivity contribution in [2.45, 2.75) is 13.0 Å². The Morgan fingerprint density at radius 3 is 2.68 bits per heavy atom. The van der Waals surface area contributed by atoms with Gasteiger partial charge in [0.2, 0.25) is 5.91 Å². The van der Waals surface area contributed by atoms with E-state index in [4.69, 9.17) is 4.42 Å². The van der Waals surface area contributed by atoms with Crippen molar-refractivity contribution in [3.8, 4) is 0 Å². The number of nitrogens with one attached hydrogen (secondary N) is 2. The fraction of sp³-hybridized carbons (Fsp3) is 0.267. The summed E-state index contributed by atoms with van der Waals surface area (Å²) in [7, 11) is 0. The Morgan fingerprint density at radius 2 is 1.95 bits per heavy atom.